The third-order valence-electron chi connectivity index (χ3n) is 1.86. The van der Waals surface area contributed by atoms with Gasteiger partial charge in [0.05, 0.1) is 10.0 Å². The van der Waals surface area contributed by atoms with Crippen LogP contribution in [0.15, 0.2) is 18.2 Å². The van der Waals surface area contributed by atoms with E-state index in [9.17, 15) is 4.79 Å². The quantitative estimate of drug-likeness (QED) is 0.486. The number of carbonyl (C=O) groups is 1. The molecule has 82 valence electrons. The van der Waals surface area contributed by atoms with Gasteiger partial charge >= 0.3 is 0 Å². The minimum absolute atomic E-state index is 0.362. The summed E-state index contributed by atoms with van der Waals surface area (Å²) in [5, 5.41) is 0.782. The standard InChI is InChI=1S/C9H10Cl2N2O2/c1-15-8(9(14)13-12)5-2-3-6(10)7(11)4-5/h2-4,8H,12H2,1H3,(H,13,14). The zero-order valence-corrected chi connectivity index (χ0v) is 9.47. The maximum absolute atomic E-state index is 11.3. The molecule has 0 bridgehead atoms. The molecule has 6 heteroatoms. The maximum Gasteiger partial charge on any atom is 0.267 e. The van der Waals surface area contributed by atoms with Crippen molar-refractivity contribution >= 4 is 29.1 Å². The number of methoxy groups -OCH3 is 1. The summed E-state index contributed by atoms with van der Waals surface area (Å²) in [6, 6.07) is 4.81. The number of carbonyl (C=O) groups excluding carboxylic acids is 1. The second-order valence-electron chi connectivity index (χ2n) is 2.80. The SMILES string of the molecule is COC(C(=O)NN)c1ccc(Cl)c(Cl)c1. The van der Waals surface area contributed by atoms with Gasteiger partial charge in [0, 0.05) is 7.11 Å². The van der Waals surface area contributed by atoms with Crippen molar-refractivity contribution in [3.8, 4) is 0 Å². The Morgan fingerprint density at radius 1 is 1.47 bits per heavy atom. The molecule has 1 aromatic carbocycles. The lowest BCUT2D eigenvalue weighted by atomic mass is 10.1. The first kappa shape index (κ1) is 12.3. The predicted octanol–water partition coefficient (Wildman–Crippen LogP) is 1.67. The summed E-state index contributed by atoms with van der Waals surface area (Å²) in [4.78, 5) is 11.3. The van der Waals surface area contributed by atoms with Gasteiger partial charge in [0.25, 0.3) is 5.91 Å². The van der Waals surface area contributed by atoms with Crippen LogP contribution in [0.5, 0.6) is 0 Å². The number of halogens is 2. The molecule has 1 rings (SSSR count). The average Bonchev–Trinajstić information content (AvgIpc) is 2.24. The van der Waals surface area contributed by atoms with E-state index in [1.807, 2.05) is 5.43 Å². The molecule has 1 aromatic rings. The van der Waals surface area contributed by atoms with Crippen LogP contribution >= 0.6 is 23.2 Å². The highest BCUT2D eigenvalue weighted by Crippen LogP contribution is 2.26. The van der Waals surface area contributed by atoms with Crippen LogP contribution in [-0.2, 0) is 9.53 Å². The van der Waals surface area contributed by atoms with E-state index in [1.165, 1.54) is 7.11 Å². The smallest absolute Gasteiger partial charge is 0.267 e. The topological polar surface area (TPSA) is 64.3 Å². The van der Waals surface area contributed by atoms with E-state index in [4.69, 9.17) is 33.8 Å². The van der Waals surface area contributed by atoms with Crippen LogP contribution in [0.2, 0.25) is 10.0 Å². The predicted molar refractivity (Wildman–Crippen MR) is 58.5 cm³/mol. The van der Waals surface area contributed by atoms with Crippen molar-refractivity contribution in [3.05, 3.63) is 33.8 Å². The molecule has 4 nitrogen and oxygen atoms in total. The van der Waals surface area contributed by atoms with Gasteiger partial charge in [-0.2, -0.15) is 0 Å². The number of amides is 1. The van der Waals surface area contributed by atoms with Crippen molar-refractivity contribution in [2.24, 2.45) is 5.84 Å². The molecule has 0 fully saturated rings. The Hall–Kier alpha value is -0.810. The van der Waals surface area contributed by atoms with Crippen LogP contribution < -0.4 is 11.3 Å². The number of ether oxygens (including phenoxy) is 1. The van der Waals surface area contributed by atoms with Gasteiger partial charge in [-0.1, -0.05) is 29.3 Å². The van der Waals surface area contributed by atoms with Gasteiger partial charge in [0.15, 0.2) is 6.10 Å². The Morgan fingerprint density at radius 3 is 2.60 bits per heavy atom. The number of nitrogens with one attached hydrogen (secondary N) is 1. The molecule has 0 radical (unpaired) electrons. The molecule has 0 heterocycles. The Kier molecular flexibility index (Phi) is 4.35. The number of hydrogen-bond donors (Lipinski definition) is 2. The van der Waals surface area contributed by atoms with E-state index in [-0.39, 0.29) is 0 Å². The number of hydrogen-bond acceptors (Lipinski definition) is 3. The summed E-state index contributed by atoms with van der Waals surface area (Å²) in [7, 11) is 1.41. The molecular weight excluding hydrogens is 239 g/mol. The van der Waals surface area contributed by atoms with Crippen molar-refractivity contribution in [1.29, 1.82) is 0 Å². The fourth-order valence-corrected chi connectivity index (χ4v) is 1.45. The Labute approximate surface area is 97.3 Å². The van der Waals surface area contributed by atoms with Gasteiger partial charge in [-0.25, -0.2) is 5.84 Å². The zero-order chi connectivity index (χ0) is 11.4. The van der Waals surface area contributed by atoms with E-state index in [0.717, 1.165) is 0 Å². The van der Waals surface area contributed by atoms with Crippen molar-refractivity contribution < 1.29 is 9.53 Å². The number of benzene rings is 1. The fraction of sp³-hybridized carbons (Fsp3) is 0.222. The monoisotopic (exact) mass is 248 g/mol. The largest absolute Gasteiger partial charge is 0.367 e. The van der Waals surface area contributed by atoms with Crippen LogP contribution in [-0.4, -0.2) is 13.0 Å². The van der Waals surface area contributed by atoms with Gasteiger partial charge in [0.1, 0.15) is 0 Å². The summed E-state index contributed by atoms with van der Waals surface area (Å²) in [5.41, 5.74) is 2.60. The highest BCUT2D eigenvalue weighted by Gasteiger charge is 2.19. The van der Waals surface area contributed by atoms with E-state index < -0.39 is 12.0 Å². The third kappa shape index (κ3) is 2.82. The van der Waals surface area contributed by atoms with Crippen molar-refractivity contribution in [3.63, 3.8) is 0 Å². The van der Waals surface area contributed by atoms with Crippen LogP contribution in [0.3, 0.4) is 0 Å². The Bertz CT molecular complexity index is 371. The van der Waals surface area contributed by atoms with Crippen molar-refractivity contribution in [1.82, 2.24) is 5.43 Å². The summed E-state index contributed by atoms with van der Waals surface area (Å²) < 4.78 is 4.99. The first-order chi connectivity index (χ1) is 7.10. The van der Waals surface area contributed by atoms with Crippen LogP contribution in [0.4, 0.5) is 0 Å². The second-order valence-corrected chi connectivity index (χ2v) is 3.61. The van der Waals surface area contributed by atoms with E-state index in [2.05, 4.69) is 0 Å². The van der Waals surface area contributed by atoms with Gasteiger partial charge in [-0.05, 0) is 17.7 Å². The lowest BCUT2D eigenvalue weighted by Gasteiger charge is -2.14. The Morgan fingerprint density at radius 2 is 2.13 bits per heavy atom. The maximum atomic E-state index is 11.3. The highest BCUT2D eigenvalue weighted by molar-refractivity contribution is 6.42. The molecule has 0 saturated heterocycles. The lowest BCUT2D eigenvalue weighted by molar-refractivity contribution is -0.131. The molecule has 0 aliphatic carbocycles. The summed E-state index contributed by atoms with van der Waals surface area (Å²) in [6.07, 6.45) is -0.787. The highest BCUT2D eigenvalue weighted by atomic mass is 35.5. The minimum atomic E-state index is -0.787. The van der Waals surface area contributed by atoms with E-state index >= 15 is 0 Å². The van der Waals surface area contributed by atoms with Gasteiger partial charge in [-0.15, -0.1) is 0 Å². The molecule has 1 atom stereocenters. The molecule has 0 aromatic heterocycles. The molecule has 1 unspecified atom stereocenters. The van der Waals surface area contributed by atoms with Gasteiger partial charge in [-0.3, -0.25) is 10.2 Å². The molecule has 0 saturated carbocycles. The molecular formula is C9H10Cl2N2O2. The van der Waals surface area contributed by atoms with Crippen molar-refractivity contribution in [2.45, 2.75) is 6.10 Å². The molecule has 3 N–H and O–H groups in total. The van der Waals surface area contributed by atoms with E-state index in [1.54, 1.807) is 18.2 Å². The lowest BCUT2D eigenvalue weighted by Crippen LogP contribution is -2.35. The van der Waals surface area contributed by atoms with Crippen LogP contribution in [0.25, 0.3) is 0 Å². The number of hydrazine groups is 1. The first-order valence-corrected chi connectivity index (χ1v) is 4.84. The third-order valence-corrected chi connectivity index (χ3v) is 2.60. The Balaban J connectivity index is 3.02. The minimum Gasteiger partial charge on any atom is -0.367 e. The normalized spacial score (nSPS) is 12.3. The summed E-state index contributed by atoms with van der Waals surface area (Å²) in [6.45, 7) is 0. The number of rotatable bonds is 3. The van der Waals surface area contributed by atoms with Crippen molar-refractivity contribution in [2.75, 3.05) is 7.11 Å². The van der Waals surface area contributed by atoms with Gasteiger partial charge in [0.2, 0.25) is 0 Å². The van der Waals surface area contributed by atoms with E-state index in [0.29, 0.717) is 15.6 Å². The fourth-order valence-electron chi connectivity index (χ4n) is 1.15. The average molecular weight is 249 g/mol. The first-order valence-electron chi connectivity index (χ1n) is 4.08. The molecule has 1 amide bonds. The van der Waals surface area contributed by atoms with Crippen LogP contribution in [0, 0.1) is 0 Å². The molecule has 0 spiro atoms. The molecule has 0 aliphatic rings. The zero-order valence-electron chi connectivity index (χ0n) is 7.96. The second kappa shape index (κ2) is 5.32. The summed E-state index contributed by atoms with van der Waals surface area (Å²) >= 11 is 11.6. The number of nitrogens with two attached hydrogens (primary N) is 1. The molecule has 15 heavy (non-hydrogen) atoms. The summed E-state index contributed by atoms with van der Waals surface area (Å²) in [5.74, 6) is 4.57. The van der Waals surface area contributed by atoms with Gasteiger partial charge < -0.3 is 4.74 Å². The van der Waals surface area contributed by atoms with Crippen LogP contribution in [0.1, 0.15) is 11.7 Å². The molecule has 0 aliphatic heterocycles.